The number of hydrogen-bond donors (Lipinski definition) is 0. The average Bonchev–Trinajstić information content (AvgIpc) is 1.94. The van der Waals surface area contributed by atoms with E-state index in [1.807, 2.05) is 6.92 Å². The van der Waals surface area contributed by atoms with Crippen molar-refractivity contribution in [3.05, 3.63) is 26.4 Å². The molecule has 0 unspecified atom stereocenters. The molecule has 1 rings (SSSR count). The van der Waals surface area contributed by atoms with Crippen LogP contribution in [0, 0.1) is 6.92 Å². The summed E-state index contributed by atoms with van der Waals surface area (Å²) in [5.74, 6) is 0. The third-order valence-corrected chi connectivity index (χ3v) is 3.22. The molecular formula is C10H13Br2N. The smallest absolute Gasteiger partial charge is 0.0602 e. The Kier molecular flexibility index (Phi) is 3.18. The summed E-state index contributed by atoms with van der Waals surface area (Å²) >= 11 is 6.98. The van der Waals surface area contributed by atoms with Crippen LogP contribution in [-0.4, -0.2) is 4.98 Å². The first-order valence-corrected chi connectivity index (χ1v) is 5.74. The summed E-state index contributed by atoms with van der Waals surface area (Å²) in [7, 11) is 0. The maximum atomic E-state index is 4.55. The van der Waals surface area contributed by atoms with E-state index >= 15 is 0 Å². The second-order valence-corrected chi connectivity index (χ2v) is 5.84. The van der Waals surface area contributed by atoms with Crippen molar-refractivity contribution < 1.29 is 0 Å². The summed E-state index contributed by atoms with van der Waals surface area (Å²) in [5, 5.41) is 0. The van der Waals surface area contributed by atoms with Gasteiger partial charge in [-0.3, -0.25) is 4.98 Å². The fourth-order valence-corrected chi connectivity index (χ4v) is 2.62. The highest BCUT2D eigenvalue weighted by Gasteiger charge is 2.19. The van der Waals surface area contributed by atoms with Gasteiger partial charge in [-0.05, 0) is 44.8 Å². The topological polar surface area (TPSA) is 12.9 Å². The molecule has 0 amide bonds. The lowest BCUT2D eigenvalue weighted by atomic mass is 9.91. The van der Waals surface area contributed by atoms with E-state index in [4.69, 9.17) is 0 Å². The van der Waals surface area contributed by atoms with Gasteiger partial charge in [-0.25, -0.2) is 0 Å². The van der Waals surface area contributed by atoms with Crippen molar-refractivity contribution in [1.29, 1.82) is 0 Å². The van der Waals surface area contributed by atoms with Gasteiger partial charge in [0.2, 0.25) is 0 Å². The standard InChI is InChI=1S/C10H13Br2N/c1-6-7(11)5-8(12)9(13-6)10(2,3)4/h5H,1-4H3. The number of rotatable bonds is 0. The van der Waals surface area contributed by atoms with Gasteiger partial charge in [0.1, 0.15) is 0 Å². The van der Waals surface area contributed by atoms with Crippen molar-refractivity contribution in [3.8, 4) is 0 Å². The van der Waals surface area contributed by atoms with Crippen LogP contribution in [0.25, 0.3) is 0 Å². The molecule has 72 valence electrons. The minimum absolute atomic E-state index is 0.0876. The summed E-state index contributed by atoms with van der Waals surface area (Å²) in [6.45, 7) is 8.49. The number of aryl methyl sites for hydroxylation is 1. The van der Waals surface area contributed by atoms with Crippen LogP contribution < -0.4 is 0 Å². The first-order valence-electron chi connectivity index (χ1n) is 4.15. The molecule has 0 saturated carbocycles. The molecule has 0 aromatic carbocycles. The quantitative estimate of drug-likeness (QED) is 0.699. The van der Waals surface area contributed by atoms with Gasteiger partial charge in [0.25, 0.3) is 0 Å². The Morgan fingerprint density at radius 3 is 2.15 bits per heavy atom. The Morgan fingerprint density at radius 1 is 1.15 bits per heavy atom. The van der Waals surface area contributed by atoms with Gasteiger partial charge in [0.15, 0.2) is 0 Å². The third-order valence-electron chi connectivity index (χ3n) is 1.82. The minimum atomic E-state index is 0.0876. The van der Waals surface area contributed by atoms with Gasteiger partial charge < -0.3 is 0 Å². The zero-order chi connectivity index (χ0) is 10.2. The van der Waals surface area contributed by atoms with Crippen LogP contribution in [0.1, 0.15) is 32.2 Å². The maximum Gasteiger partial charge on any atom is 0.0602 e. The van der Waals surface area contributed by atoms with E-state index in [9.17, 15) is 0 Å². The van der Waals surface area contributed by atoms with E-state index in [1.54, 1.807) is 0 Å². The molecule has 1 aromatic rings. The molecule has 1 heterocycles. The first-order chi connectivity index (χ1) is 5.82. The molecule has 0 bridgehead atoms. The summed E-state index contributed by atoms with van der Waals surface area (Å²) in [6, 6.07) is 2.06. The lowest BCUT2D eigenvalue weighted by Crippen LogP contribution is -2.15. The molecule has 1 aromatic heterocycles. The number of aromatic nitrogens is 1. The second kappa shape index (κ2) is 3.70. The summed E-state index contributed by atoms with van der Waals surface area (Å²) in [5.41, 5.74) is 2.23. The Morgan fingerprint density at radius 2 is 1.69 bits per heavy atom. The van der Waals surface area contributed by atoms with E-state index in [1.165, 1.54) is 0 Å². The molecule has 0 aliphatic heterocycles. The highest BCUT2D eigenvalue weighted by atomic mass is 79.9. The van der Waals surface area contributed by atoms with Gasteiger partial charge in [-0.1, -0.05) is 20.8 Å². The molecule has 13 heavy (non-hydrogen) atoms. The van der Waals surface area contributed by atoms with E-state index in [0.29, 0.717) is 0 Å². The van der Waals surface area contributed by atoms with E-state index in [-0.39, 0.29) is 5.41 Å². The number of hydrogen-bond acceptors (Lipinski definition) is 1. The monoisotopic (exact) mass is 305 g/mol. The normalized spacial score (nSPS) is 11.8. The summed E-state index contributed by atoms with van der Waals surface area (Å²) < 4.78 is 2.12. The van der Waals surface area contributed by atoms with Crippen LogP contribution in [0.5, 0.6) is 0 Å². The number of pyridine rings is 1. The second-order valence-electron chi connectivity index (χ2n) is 4.14. The van der Waals surface area contributed by atoms with Crippen molar-refractivity contribution >= 4 is 31.9 Å². The lowest BCUT2D eigenvalue weighted by molar-refractivity contribution is 0.563. The fourth-order valence-electron chi connectivity index (χ4n) is 1.08. The van der Waals surface area contributed by atoms with E-state index in [2.05, 4.69) is 63.7 Å². The number of halogens is 2. The SMILES string of the molecule is Cc1nc(C(C)(C)C)c(Br)cc1Br. The van der Waals surface area contributed by atoms with E-state index in [0.717, 1.165) is 20.3 Å². The highest BCUT2D eigenvalue weighted by molar-refractivity contribution is 9.11. The summed E-state index contributed by atoms with van der Waals surface area (Å²) in [6.07, 6.45) is 0. The Labute approximate surface area is 96.2 Å². The zero-order valence-corrected chi connectivity index (χ0v) is 11.5. The molecule has 1 nitrogen and oxygen atoms in total. The molecule has 0 atom stereocenters. The molecule has 0 fully saturated rings. The van der Waals surface area contributed by atoms with Crippen molar-refractivity contribution in [3.63, 3.8) is 0 Å². The Bertz CT molecular complexity index is 326. The fraction of sp³-hybridized carbons (Fsp3) is 0.500. The van der Waals surface area contributed by atoms with Crippen molar-refractivity contribution in [2.45, 2.75) is 33.1 Å². The molecule has 0 radical (unpaired) electrons. The largest absolute Gasteiger partial charge is 0.255 e. The maximum absolute atomic E-state index is 4.55. The molecule has 0 aliphatic rings. The molecule has 0 N–H and O–H groups in total. The zero-order valence-electron chi connectivity index (χ0n) is 8.28. The van der Waals surface area contributed by atoms with Crippen molar-refractivity contribution in [2.24, 2.45) is 0 Å². The molecular weight excluding hydrogens is 294 g/mol. The number of nitrogens with zero attached hydrogens (tertiary/aromatic N) is 1. The van der Waals surface area contributed by atoms with Gasteiger partial charge >= 0.3 is 0 Å². The molecule has 3 heteroatoms. The van der Waals surface area contributed by atoms with Crippen molar-refractivity contribution in [1.82, 2.24) is 4.98 Å². The molecule has 0 spiro atoms. The molecule has 0 aliphatic carbocycles. The van der Waals surface area contributed by atoms with Gasteiger partial charge in [-0.2, -0.15) is 0 Å². The van der Waals surface area contributed by atoms with Crippen LogP contribution >= 0.6 is 31.9 Å². The van der Waals surface area contributed by atoms with Crippen LogP contribution in [0.4, 0.5) is 0 Å². The first kappa shape index (κ1) is 11.2. The van der Waals surface area contributed by atoms with Gasteiger partial charge in [-0.15, -0.1) is 0 Å². The average molecular weight is 307 g/mol. The van der Waals surface area contributed by atoms with Crippen LogP contribution in [0.15, 0.2) is 15.0 Å². The summed E-state index contributed by atoms with van der Waals surface area (Å²) in [4.78, 5) is 4.55. The third kappa shape index (κ3) is 2.53. The van der Waals surface area contributed by atoms with E-state index < -0.39 is 0 Å². The predicted molar refractivity (Wildman–Crippen MR) is 63.1 cm³/mol. The van der Waals surface area contributed by atoms with Crippen LogP contribution in [-0.2, 0) is 5.41 Å². The van der Waals surface area contributed by atoms with Gasteiger partial charge in [0.05, 0.1) is 11.4 Å². The molecule has 0 saturated heterocycles. The minimum Gasteiger partial charge on any atom is -0.255 e. The van der Waals surface area contributed by atoms with Crippen molar-refractivity contribution in [2.75, 3.05) is 0 Å². The highest BCUT2D eigenvalue weighted by Crippen LogP contribution is 2.30. The Hall–Kier alpha value is 0.110. The predicted octanol–water partition coefficient (Wildman–Crippen LogP) is 4.21. The van der Waals surface area contributed by atoms with Crippen LogP contribution in [0.2, 0.25) is 0 Å². The lowest BCUT2D eigenvalue weighted by Gasteiger charge is -2.20. The Balaban J connectivity index is 3.32. The van der Waals surface area contributed by atoms with Gasteiger partial charge in [0, 0.05) is 14.4 Å². The van der Waals surface area contributed by atoms with Crippen LogP contribution in [0.3, 0.4) is 0 Å².